The third-order valence-electron chi connectivity index (χ3n) is 8.75. The molecule has 0 radical (unpaired) electrons. The molecule has 3 fully saturated rings. The Morgan fingerprint density at radius 3 is 2.44 bits per heavy atom. The predicted molar refractivity (Wildman–Crippen MR) is 97.7 cm³/mol. The zero-order valence-electron chi connectivity index (χ0n) is 16.6. The van der Waals surface area contributed by atoms with Crippen LogP contribution in [0, 0.1) is 22.7 Å². The standard InChI is InChI=1S/C21H30O6/c1-11-6-14-19(25,15(11)23)8-13(9-22)7-18-10-20(27-5,17(18,3)4)16(24)12(2)21(14,18)26/h6-7,12,14,16,22,24-26H,8-10H2,1-5H3/t12-,14-,16-,18?,19-,20-,21+/m1/s1. The van der Waals surface area contributed by atoms with E-state index < -0.39 is 51.4 Å². The lowest BCUT2D eigenvalue weighted by Gasteiger charge is -2.79. The summed E-state index contributed by atoms with van der Waals surface area (Å²) < 4.78 is 5.82. The Bertz CT molecular complexity index is 784. The van der Waals surface area contributed by atoms with Gasteiger partial charge in [0, 0.05) is 36.2 Å². The van der Waals surface area contributed by atoms with Crippen molar-refractivity contribution in [1.82, 2.24) is 0 Å². The molecule has 5 aliphatic rings. The van der Waals surface area contributed by atoms with Crippen LogP contribution in [0.1, 0.15) is 40.5 Å². The van der Waals surface area contributed by atoms with Gasteiger partial charge in [0.05, 0.1) is 18.3 Å². The number of aliphatic hydroxyl groups excluding tert-OH is 2. The number of Topliss-reactive ketones (excluding diaryl/α,β-unsaturated/α-hetero) is 1. The van der Waals surface area contributed by atoms with Crippen LogP contribution < -0.4 is 0 Å². The molecule has 6 nitrogen and oxygen atoms in total. The largest absolute Gasteiger partial charge is 0.392 e. The highest BCUT2D eigenvalue weighted by Crippen LogP contribution is 2.79. The van der Waals surface area contributed by atoms with Gasteiger partial charge in [0.25, 0.3) is 0 Å². The third kappa shape index (κ3) is 1.66. The molecule has 27 heavy (non-hydrogen) atoms. The zero-order valence-corrected chi connectivity index (χ0v) is 16.6. The molecule has 4 N–H and O–H groups in total. The fraction of sp³-hybridized carbons (Fsp3) is 0.762. The Hall–Kier alpha value is -1.05. The SMILES string of the molecule is CO[C@]12CC3(C=C(CO)C[C@]4(O)C(=O)C(C)=C[C@H]4[C@@]3(O)[C@H](C)[C@H]1O)C2(C)C. The zero-order chi connectivity index (χ0) is 20.2. The van der Waals surface area contributed by atoms with E-state index in [2.05, 4.69) is 0 Å². The number of hydrogen-bond donors (Lipinski definition) is 4. The van der Waals surface area contributed by atoms with Crippen LogP contribution >= 0.6 is 0 Å². The topological polar surface area (TPSA) is 107 Å². The summed E-state index contributed by atoms with van der Waals surface area (Å²) >= 11 is 0. The fourth-order valence-corrected chi connectivity index (χ4v) is 7.12. The van der Waals surface area contributed by atoms with Gasteiger partial charge < -0.3 is 25.2 Å². The minimum atomic E-state index is -1.82. The summed E-state index contributed by atoms with van der Waals surface area (Å²) in [7, 11) is 1.57. The van der Waals surface area contributed by atoms with Crippen molar-refractivity contribution in [3.63, 3.8) is 0 Å². The maximum absolute atomic E-state index is 12.9. The van der Waals surface area contributed by atoms with Gasteiger partial charge in [0.15, 0.2) is 5.78 Å². The van der Waals surface area contributed by atoms with Crippen molar-refractivity contribution in [2.45, 2.75) is 63.4 Å². The van der Waals surface area contributed by atoms with Gasteiger partial charge in [-0.3, -0.25) is 4.79 Å². The first-order valence-electron chi connectivity index (χ1n) is 9.62. The monoisotopic (exact) mass is 378 g/mol. The second-order valence-electron chi connectivity index (χ2n) is 9.64. The number of fused-ring (bicyclic) bond motifs is 2. The molecule has 0 amide bonds. The summed E-state index contributed by atoms with van der Waals surface area (Å²) in [6, 6.07) is 0. The molecule has 5 aliphatic carbocycles. The van der Waals surface area contributed by atoms with Crippen molar-refractivity contribution in [3.05, 3.63) is 23.3 Å². The maximum atomic E-state index is 12.9. The van der Waals surface area contributed by atoms with Gasteiger partial charge in [-0.2, -0.15) is 0 Å². The quantitative estimate of drug-likeness (QED) is 0.528. The lowest BCUT2D eigenvalue weighted by molar-refractivity contribution is -0.401. The maximum Gasteiger partial charge on any atom is 0.190 e. The minimum absolute atomic E-state index is 0.0240. The van der Waals surface area contributed by atoms with Crippen LogP contribution in [-0.4, -0.2) is 62.8 Å². The van der Waals surface area contributed by atoms with E-state index >= 15 is 0 Å². The third-order valence-corrected chi connectivity index (χ3v) is 8.75. The Kier molecular flexibility index (Phi) is 3.64. The number of rotatable bonds is 2. The summed E-state index contributed by atoms with van der Waals surface area (Å²) in [5.41, 5.74) is -4.78. The Labute approximate surface area is 159 Å². The second-order valence-corrected chi connectivity index (χ2v) is 9.64. The number of ether oxygens (including phenoxy) is 1. The van der Waals surface area contributed by atoms with Crippen molar-refractivity contribution in [2.24, 2.45) is 22.7 Å². The molecule has 3 saturated carbocycles. The normalized spacial score (nSPS) is 52.9. The van der Waals surface area contributed by atoms with E-state index in [-0.39, 0.29) is 13.0 Å². The van der Waals surface area contributed by atoms with Crippen LogP contribution in [0.25, 0.3) is 0 Å². The Balaban J connectivity index is 2.03. The first-order chi connectivity index (χ1) is 12.4. The summed E-state index contributed by atoms with van der Waals surface area (Å²) in [6.45, 7) is 6.99. The van der Waals surface area contributed by atoms with Crippen molar-refractivity contribution < 1.29 is 30.0 Å². The molecule has 0 heterocycles. The molecule has 150 valence electrons. The van der Waals surface area contributed by atoms with Crippen molar-refractivity contribution in [3.8, 4) is 0 Å². The van der Waals surface area contributed by atoms with Crippen molar-refractivity contribution in [2.75, 3.05) is 13.7 Å². The second kappa shape index (κ2) is 5.10. The predicted octanol–water partition coefficient (Wildman–Crippen LogP) is 0.728. The van der Waals surface area contributed by atoms with E-state index in [1.54, 1.807) is 27.0 Å². The van der Waals surface area contributed by atoms with Gasteiger partial charge in [-0.1, -0.05) is 32.9 Å². The van der Waals surface area contributed by atoms with Crippen LogP contribution in [0.3, 0.4) is 0 Å². The summed E-state index contributed by atoms with van der Waals surface area (Å²) in [6.07, 6.45) is 2.91. The van der Waals surface area contributed by atoms with E-state index in [0.29, 0.717) is 17.6 Å². The molecule has 7 atom stereocenters. The molecule has 0 aromatic rings. The van der Waals surface area contributed by atoms with Crippen LogP contribution in [-0.2, 0) is 9.53 Å². The molecule has 0 aromatic heterocycles. The van der Waals surface area contributed by atoms with Gasteiger partial charge in [-0.05, 0) is 24.5 Å². The van der Waals surface area contributed by atoms with Gasteiger partial charge in [0.2, 0.25) is 0 Å². The van der Waals surface area contributed by atoms with E-state index in [1.165, 1.54) is 0 Å². The van der Waals surface area contributed by atoms with Crippen LogP contribution in [0.2, 0.25) is 0 Å². The number of aliphatic hydroxyl groups is 4. The Morgan fingerprint density at radius 2 is 1.93 bits per heavy atom. The van der Waals surface area contributed by atoms with Gasteiger partial charge in [0.1, 0.15) is 11.2 Å². The molecule has 1 spiro atoms. The van der Waals surface area contributed by atoms with Gasteiger partial charge >= 0.3 is 0 Å². The van der Waals surface area contributed by atoms with Gasteiger partial charge in [-0.25, -0.2) is 0 Å². The van der Waals surface area contributed by atoms with E-state index in [9.17, 15) is 25.2 Å². The summed E-state index contributed by atoms with van der Waals surface area (Å²) in [5, 5.41) is 44.8. The Morgan fingerprint density at radius 1 is 1.30 bits per heavy atom. The summed E-state index contributed by atoms with van der Waals surface area (Å²) in [5.74, 6) is -1.92. The molecule has 0 aromatic carbocycles. The number of hydrogen-bond acceptors (Lipinski definition) is 6. The highest BCUT2D eigenvalue weighted by molar-refractivity contribution is 6.05. The molecule has 0 aliphatic heterocycles. The molecule has 5 rings (SSSR count). The molecule has 6 heteroatoms. The average Bonchev–Trinajstić information content (AvgIpc) is 2.79. The molecular formula is C21H30O6. The highest BCUT2D eigenvalue weighted by Gasteiger charge is 2.86. The van der Waals surface area contributed by atoms with E-state index in [4.69, 9.17) is 4.74 Å². The lowest BCUT2D eigenvalue weighted by atomic mass is 9.28. The first kappa shape index (κ1) is 19.3. The molecule has 0 saturated heterocycles. The smallest absolute Gasteiger partial charge is 0.190 e. The van der Waals surface area contributed by atoms with Crippen LogP contribution in [0.15, 0.2) is 23.3 Å². The number of carbonyl (C=O) groups excluding carboxylic acids is 1. The lowest BCUT2D eigenvalue weighted by Crippen LogP contribution is -2.87. The van der Waals surface area contributed by atoms with Crippen LogP contribution in [0.5, 0.6) is 0 Å². The number of ketones is 1. The minimum Gasteiger partial charge on any atom is -0.392 e. The van der Waals surface area contributed by atoms with Crippen molar-refractivity contribution >= 4 is 5.78 Å². The highest BCUT2D eigenvalue weighted by atomic mass is 16.5. The van der Waals surface area contributed by atoms with Crippen LogP contribution in [0.4, 0.5) is 0 Å². The summed E-state index contributed by atoms with van der Waals surface area (Å²) in [4.78, 5) is 12.9. The number of carbonyl (C=O) groups is 1. The first-order valence-corrected chi connectivity index (χ1v) is 9.62. The average molecular weight is 378 g/mol. The molecule has 1 unspecified atom stereocenters. The number of methoxy groups -OCH3 is 1. The van der Waals surface area contributed by atoms with Crippen molar-refractivity contribution in [1.29, 1.82) is 0 Å². The molecular weight excluding hydrogens is 348 g/mol. The van der Waals surface area contributed by atoms with Gasteiger partial charge in [-0.15, -0.1) is 0 Å². The molecule has 2 bridgehead atoms. The van der Waals surface area contributed by atoms with E-state index in [0.717, 1.165) is 0 Å². The fourth-order valence-electron chi connectivity index (χ4n) is 7.12. The van der Waals surface area contributed by atoms with E-state index in [1.807, 2.05) is 19.9 Å².